The van der Waals surface area contributed by atoms with Gasteiger partial charge >= 0.3 is 5.97 Å². The molecule has 0 heterocycles. The summed E-state index contributed by atoms with van der Waals surface area (Å²) < 4.78 is 23.9. The number of hydrogen-bond donors (Lipinski definition) is 2. The predicted molar refractivity (Wildman–Crippen MR) is 76.3 cm³/mol. The molecule has 0 saturated carbocycles. The van der Waals surface area contributed by atoms with Crippen LogP contribution in [0.4, 0.5) is 15.8 Å². The first-order valence-electron chi connectivity index (χ1n) is 6.57. The van der Waals surface area contributed by atoms with E-state index in [1.807, 2.05) is 13.8 Å². The van der Waals surface area contributed by atoms with E-state index in [2.05, 4.69) is 5.32 Å². The largest absolute Gasteiger partial charge is 0.462 e. The number of carbonyl (C=O) groups is 1. The Morgan fingerprint density at radius 3 is 2.75 bits per heavy atom. The molecule has 0 saturated heterocycles. The number of benzene rings is 1. The number of nitrogens with one attached hydrogen (secondary N) is 1. The molecule has 0 aromatic heterocycles. The zero-order valence-electron chi connectivity index (χ0n) is 12.0. The van der Waals surface area contributed by atoms with Gasteiger partial charge in [-0.15, -0.1) is 0 Å². The molecule has 20 heavy (non-hydrogen) atoms. The van der Waals surface area contributed by atoms with Crippen LogP contribution >= 0.6 is 0 Å². The minimum Gasteiger partial charge on any atom is -0.462 e. The third-order valence-electron chi connectivity index (χ3n) is 2.50. The standard InChI is InChI=1S/C14H21FN2O3/c1-4-19-14(18)10-7-13(11(15)8-12(10)16)17-5-6-20-9(2)3/h7-9,17H,4-6,16H2,1-3H3. The van der Waals surface area contributed by atoms with Crippen molar-refractivity contribution in [3.8, 4) is 0 Å². The van der Waals surface area contributed by atoms with Crippen LogP contribution in [-0.2, 0) is 9.47 Å². The van der Waals surface area contributed by atoms with Crippen molar-refractivity contribution in [3.05, 3.63) is 23.5 Å². The maximum absolute atomic E-state index is 13.7. The first-order valence-corrected chi connectivity index (χ1v) is 6.57. The lowest BCUT2D eigenvalue weighted by atomic mass is 10.1. The highest BCUT2D eigenvalue weighted by Gasteiger charge is 2.15. The number of halogens is 1. The van der Waals surface area contributed by atoms with Crippen LogP contribution in [-0.4, -0.2) is 31.8 Å². The van der Waals surface area contributed by atoms with Gasteiger partial charge in [-0.05, 0) is 32.9 Å². The van der Waals surface area contributed by atoms with Crippen LogP contribution in [0.2, 0.25) is 0 Å². The molecule has 3 N–H and O–H groups in total. The molecule has 0 fully saturated rings. The van der Waals surface area contributed by atoms with E-state index in [0.29, 0.717) is 13.2 Å². The summed E-state index contributed by atoms with van der Waals surface area (Å²) in [5, 5.41) is 2.87. The third kappa shape index (κ3) is 4.70. The van der Waals surface area contributed by atoms with E-state index in [9.17, 15) is 9.18 Å². The summed E-state index contributed by atoms with van der Waals surface area (Å²) in [7, 11) is 0. The molecule has 1 aromatic rings. The van der Waals surface area contributed by atoms with Crippen LogP contribution in [0, 0.1) is 5.82 Å². The van der Waals surface area contributed by atoms with Crippen LogP contribution in [0.15, 0.2) is 12.1 Å². The van der Waals surface area contributed by atoms with Crippen LogP contribution in [0.5, 0.6) is 0 Å². The van der Waals surface area contributed by atoms with E-state index in [1.54, 1.807) is 6.92 Å². The fraction of sp³-hybridized carbons (Fsp3) is 0.500. The smallest absolute Gasteiger partial charge is 0.340 e. The van der Waals surface area contributed by atoms with Crippen LogP contribution in [0.1, 0.15) is 31.1 Å². The van der Waals surface area contributed by atoms with Crippen molar-refractivity contribution in [3.63, 3.8) is 0 Å². The summed E-state index contributed by atoms with van der Waals surface area (Å²) in [6.45, 7) is 6.64. The Morgan fingerprint density at radius 2 is 2.15 bits per heavy atom. The number of esters is 1. The molecule has 0 amide bonds. The molecule has 0 bridgehead atoms. The zero-order valence-corrected chi connectivity index (χ0v) is 12.0. The van der Waals surface area contributed by atoms with Gasteiger partial charge in [-0.2, -0.15) is 0 Å². The van der Waals surface area contributed by atoms with Gasteiger partial charge in [0.1, 0.15) is 5.82 Å². The molecule has 0 radical (unpaired) electrons. The van der Waals surface area contributed by atoms with Gasteiger partial charge in [0.25, 0.3) is 0 Å². The van der Waals surface area contributed by atoms with E-state index in [4.69, 9.17) is 15.2 Å². The predicted octanol–water partition coefficient (Wildman–Crippen LogP) is 2.42. The van der Waals surface area contributed by atoms with Crippen molar-refractivity contribution in [2.45, 2.75) is 26.9 Å². The minimum absolute atomic E-state index is 0.0601. The Bertz CT molecular complexity index is 464. The number of nitrogen functional groups attached to an aromatic ring is 1. The summed E-state index contributed by atoms with van der Waals surface area (Å²) in [4.78, 5) is 11.7. The summed E-state index contributed by atoms with van der Waals surface area (Å²) in [6, 6.07) is 2.47. The fourth-order valence-corrected chi connectivity index (χ4v) is 1.59. The molecule has 0 spiro atoms. The first-order chi connectivity index (χ1) is 9.45. The van der Waals surface area contributed by atoms with Crippen molar-refractivity contribution in [1.29, 1.82) is 0 Å². The van der Waals surface area contributed by atoms with Gasteiger partial charge in [-0.3, -0.25) is 0 Å². The molecule has 0 atom stereocenters. The van der Waals surface area contributed by atoms with E-state index in [-0.39, 0.29) is 29.6 Å². The SMILES string of the molecule is CCOC(=O)c1cc(NCCOC(C)C)c(F)cc1N. The van der Waals surface area contributed by atoms with Crippen molar-refractivity contribution >= 4 is 17.3 Å². The Hall–Kier alpha value is -1.82. The highest BCUT2D eigenvalue weighted by atomic mass is 19.1. The van der Waals surface area contributed by atoms with Crippen LogP contribution < -0.4 is 11.1 Å². The topological polar surface area (TPSA) is 73.6 Å². The molecule has 1 aromatic carbocycles. The number of carbonyl (C=O) groups excluding carboxylic acids is 1. The van der Waals surface area contributed by atoms with Gasteiger partial charge < -0.3 is 20.5 Å². The van der Waals surface area contributed by atoms with E-state index in [1.165, 1.54) is 6.07 Å². The average molecular weight is 284 g/mol. The number of nitrogens with two attached hydrogens (primary N) is 1. The molecule has 1 rings (SSSR count). The molecule has 0 unspecified atom stereocenters. The maximum atomic E-state index is 13.7. The molecule has 0 aliphatic carbocycles. The van der Waals surface area contributed by atoms with Crippen molar-refractivity contribution < 1.29 is 18.7 Å². The lowest BCUT2D eigenvalue weighted by molar-refractivity contribution is 0.0527. The highest BCUT2D eigenvalue weighted by Crippen LogP contribution is 2.22. The number of anilines is 2. The average Bonchev–Trinajstić information content (AvgIpc) is 2.36. The van der Waals surface area contributed by atoms with E-state index < -0.39 is 11.8 Å². The van der Waals surface area contributed by atoms with Gasteiger partial charge in [0.2, 0.25) is 0 Å². The number of ether oxygens (including phenoxy) is 2. The van der Waals surface area contributed by atoms with Crippen LogP contribution in [0.3, 0.4) is 0 Å². The second kappa shape index (κ2) is 7.69. The Labute approximate surface area is 118 Å². The maximum Gasteiger partial charge on any atom is 0.340 e. The second-order valence-electron chi connectivity index (χ2n) is 4.49. The number of rotatable bonds is 7. The van der Waals surface area contributed by atoms with Crippen molar-refractivity contribution in [2.75, 3.05) is 30.8 Å². The first kappa shape index (κ1) is 16.2. The Balaban J connectivity index is 2.75. The van der Waals surface area contributed by atoms with Gasteiger partial charge in [0.05, 0.1) is 30.6 Å². The van der Waals surface area contributed by atoms with Crippen molar-refractivity contribution in [2.24, 2.45) is 0 Å². The molecule has 112 valence electrons. The Morgan fingerprint density at radius 1 is 1.45 bits per heavy atom. The van der Waals surface area contributed by atoms with Crippen LogP contribution in [0.25, 0.3) is 0 Å². The fourth-order valence-electron chi connectivity index (χ4n) is 1.59. The highest BCUT2D eigenvalue weighted by molar-refractivity contribution is 5.96. The summed E-state index contributed by atoms with van der Waals surface area (Å²) in [6.07, 6.45) is 0.114. The molecule has 0 aliphatic rings. The zero-order chi connectivity index (χ0) is 15.1. The lowest BCUT2D eigenvalue weighted by Gasteiger charge is -2.12. The third-order valence-corrected chi connectivity index (χ3v) is 2.50. The quantitative estimate of drug-likeness (QED) is 0.457. The van der Waals surface area contributed by atoms with Gasteiger partial charge in [0.15, 0.2) is 0 Å². The molecular weight excluding hydrogens is 263 g/mol. The normalized spacial score (nSPS) is 10.7. The molecule has 5 nitrogen and oxygen atoms in total. The summed E-state index contributed by atoms with van der Waals surface area (Å²) >= 11 is 0. The Kier molecular flexibility index (Phi) is 6.24. The molecule has 0 aliphatic heterocycles. The van der Waals surface area contributed by atoms with E-state index >= 15 is 0 Å². The minimum atomic E-state index is -0.563. The van der Waals surface area contributed by atoms with Gasteiger partial charge in [-0.1, -0.05) is 0 Å². The van der Waals surface area contributed by atoms with Crippen molar-refractivity contribution in [1.82, 2.24) is 0 Å². The monoisotopic (exact) mass is 284 g/mol. The summed E-state index contributed by atoms with van der Waals surface area (Å²) in [5.41, 5.74) is 6.04. The lowest BCUT2D eigenvalue weighted by Crippen LogP contribution is -2.15. The number of hydrogen-bond acceptors (Lipinski definition) is 5. The van der Waals surface area contributed by atoms with Gasteiger partial charge in [-0.25, -0.2) is 9.18 Å². The molecule has 6 heteroatoms. The summed E-state index contributed by atoms with van der Waals surface area (Å²) in [5.74, 6) is -1.08. The van der Waals surface area contributed by atoms with Gasteiger partial charge in [0, 0.05) is 12.2 Å². The second-order valence-corrected chi connectivity index (χ2v) is 4.49. The molecular formula is C14H21FN2O3. The van der Waals surface area contributed by atoms with E-state index in [0.717, 1.165) is 6.07 Å².